The SMILES string of the molecule is CCC(C(=O)O)N(C)C(=O)C1COCC1NC. The molecule has 0 radical (unpaired) electrons. The van der Waals surface area contributed by atoms with Crippen molar-refractivity contribution in [1.82, 2.24) is 10.2 Å². The van der Waals surface area contributed by atoms with Crippen LogP contribution in [0.25, 0.3) is 0 Å². The van der Waals surface area contributed by atoms with Crippen molar-refractivity contribution in [2.75, 3.05) is 27.3 Å². The van der Waals surface area contributed by atoms with E-state index in [2.05, 4.69) is 5.32 Å². The lowest BCUT2D eigenvalue weighted by molar-refractivity contribution is -0.151. The van der Waals surface area contributed by atoms with E-state index >= 15 is 0 Å². The minimum Gasteiger partial charge on any atom is -0.480 e. The number of nitrogens with one attached hydrogen (secondary N) is 1. The van der Waals surface area contributed by atoms with Gasteiger partial charge in [-0.25, -0.2) is 4.79 Å². The summed E-state index contributed by atoms with van der Waals surface area (Å²) in [6, 6.07) is -0.795. The number of ether oxygens (including phenoxy) is 1. The third-order valence-corrected chi connectivity index (χ3v) is 3.26. The normalized spacial score (nSPS) is 25.6. The molecular weight excluding hydrogens is 224 g/mol. The average molecular weight is 244 g/mol. The Balaban J connectivity index is 2.71. The van der Waals surface area contributed by atoms with Crippen LogP contribution in [0.2, 0.25) is 0 Å². The number of amides is 1. The van der Waals surface area contributed by atoms with E-state index < -0.39 is 12.0 Å². The Kier molecular flexibility index (Phi) is 4.89. The van der Waals surface area contributed by atoms with Crippen molar-refractivity contribution in [2.45, 2.75) is 25.4 Å². The van der Waals surface area contributed by atoms with Crippen molar-refractivity contribution in [3.63, 3.8) is 0 Å². The van der Waals surface area contributed by atoms with Gasteiger partial charge in [-0.2, -0.15) is 0 Å². The predicted octanol–water partition coefficient (Wildman–Crippen LogP) is -0.458. The van der Waals surface area contributed by atoms with Gasteiger partial charge in [0.2, 0.25) is 5.91 Å². The lowest BCUT2D eigenvalue weighted by atomic mass is 10.0. The molecule has 3 atom stereocenters. The minimum absolute atomic E-state index is 0.0312. The summed E-state index contributed by atoms with van der Waals surface area (Å²) in [7, 11) is 3.31. The number of aliphatic carboxylic acids is 1. The number of carbonyl (C=O) groups excluding carboxylic acids is 1. The highest BCUT2D eigenvalue weighted by Crippen LogP contribution is 2.17. The van der Waals surface area contributed by atoms with E-state index in [0.29, 0.717) is 19.6 Å². The lowest BCUT2D eigenvalue weighted by Crippen LogP contribution is -2.49. The summed E-state index contributed by atoms with van der Waals surface area (Å²) in [6.45, 7) is 2.60. The number of carbonyl (C=O) groups is 2. The second-order valence-corrected chi connectivity index (χ2v) is 4.25. The van der Waals surface area contributed by atoms with Gasteiger partial charge >= 0.3 is 5.97 Å². The molecule has 0 bridgehead atoms. The van der Waals surface area contributed by atoms with Crippen LogP contribution in [0.5, 0.6) is 0 Å². The zero-order valence-electron chi connectivity index (χ0n) is 10.5. The van der Waals surface area contributed by atoms with Gasteiger partial charge in [0.05, 0.1) is 19.1 Å². The largest absolute Gasteiger partial charge is 0.480 e. The molecule has 1 rings (SSSR count). The number of hydrogen-bond acceptors (Lipinski definition) is 4. The quantitative estimate of drug-likeness (QED) is 0.684. The Morgan fingerprint density at radius 1 is 1.53 bits per heavy atom. The van der Waals surface area contributed by atoms with Crippen molar-refractivity contribution in [3.05, 3.63) is 0 Å². The summed E-state index contributed by atoms with van der Waals surface area (Å²) >= 11 is 0. The molecule has 0 aromatic heterocycles. The van der Waals surface area contributed by atoms with Crippen LogP contribution in [0.15, 0.2) is 0 Å². The second-order valence-electron chi connectivity index (χ2n) is 4.25. The molecule has 1 aliphatic heterocycles. The van der Waals surface area contributed by atoms with Gasteiger partial charge in [0.25, 0.3) is 0 Å². The number of carboxylic acid groups (broad SMARTS) is 1. The number of likely N-dealkylation sites (N-methyl/N-ethyl adjacent to an activating group) is 2. The third kappa shape index (κ3) is 2.95. The highest BCUT2D eigenvalue weighted by Gasteiger charge is 2.37. The average Bonchev–Trinajstić information content (AvgIpc) is 2.76. The molecule has 6 nitrogen and oxygen atoms in total. The van der Waals surface area contributed by atoms with Gasteiger partial charge in [0, 0.05) is 13.1 Å². The number of carboxylic acids is 1. The molecule has 0 saturated carbocycles. The molecule has 0 aromatic carbocycles. The highest BCUT2D eigenvalue weighted by molar-refractivity contribution is 5.85. The Bertz CT molecular complexity index is 295. The maximum absolute atomic E-state index is 12.2. The molecule has 1 amide bonds. The van der Waals surface area contributed by atoms with Crippen molar-refractivity contribution in [1.29, 1.82) is 0 Å². The molecule has 1 heterocycles. The first kappa shape index (κ1) is 13.9. The summed E-state index contributed by atoms with van der Waals surface area (Å²) in [5, 5.41) is 12.0. The fourth-order valence-corrected chi connectivity index (χ4v) is 2.11. The lowest BCUT2D eigenvalue weighted by Gasteiger charge is -2.28. The van der Waals surface area contributed by atoms with Gasteiger partial charge in [0.1, 0.15) is 6.04 Å². The van der Waals surface area contributed by atoms with E-state index in [9.17, 15) is 9.59 Å². The van der Waals surface area contributed by atoms with E-state index in [4.69, 9.17) is 9.84 Å². The van der Waals surface area contributed by atoms with Crippen LogP contribution < -0.4 is 5.32 Å². The first-order valence-corrected chi connectivity index (χ1v) is 5.77. The summed E-state index contributed by atoms with van der Waals surface area (Å²) < 4.78 is 5.25. The van der Waals surface area contributed by atoms with Crippen LogP contribution in [-0.2, 0) is 14.3 Å². The standard InChI is InChI=1S/C11H20N2O4/c1-4-9(11(15)16)13(3)10(14)7-5-17-6-8(7)12-2/h7-9,12H,4-6H2,1-3H3,(H,15,16). The molecule has 1 saturated heterocycles. The summed E-state index contributed by atoms with van der Waals surface area (Å²) in [6.07, 6.45) is 0.398. The van der Waals surface area contributed by atoms with Crippen LogP contribution in [0.4, 0.5) is 0 Å². The van der Waals surface area contributed by atoms with Crippen LogP contribution >= 0.6 is 0 Å². The van der Waals surface area contributed by atoms with Crippen LogP contribution in [0.1, 0.15) is 13.3 Å². The maximum atomic E-state index is 12.2. The Morgan fingerprint density at radius 3 is 2.65 bits per heavy atom. The summed E-state index contributed by atoms with van der Waals surface area (Å²) in [5.41, 5.74) is 0. The van der Waals surface area contributed by atoms with Gasteiger partial charge in [-0.05, 0) is 13.5 Å². The number of nitrogens with zero attached hydrogens (tertiary/aromatic N) is 1. The van der Waals surface area contributed by atoms with Crippen molar-refractivity contribution < 1.29 is 19.4 Å². The zero-order chi connectivity index (χ0) is 13.0. The van der Waals surface area contributed by atoms with Gasteiger partial charge in [-0.15, -0.1) is 0 Å². The first-order chi connectivity index (χ1) is 8.02. The van der Waals surface area contributed by atoms with Crippen LogP contribution in [0, 0.1) is 5.92 Å². The third-order valence-electron chi connectivity index (χ3n) is 3.26. The predicted molar refractivity (Wildman–Crippen MR) is 61.6 cm³/mol. The van der Waals surface area contributed by atoms with Crippen LogP contribution in [0.3, 0.4) is 0 Å². The van der Waals surface area contributed by atoms with E-state index in [1.54, 1.807) is 14.0 Å². The van der Waals surface area contributed by atoms with Crippen molar-refractivity contribution >= 4 is 11.9 Å². The zero-order valence-corrected chi connectivity index (χ0v) is 10.5. The number of rotatable bonds is 5. The van der Waals surface area contributed by atoms with Crippen molar-refractivity contribution in [2.24, 2.45) is 5.92 Å². The molecule has 0 spiro atoms. The Morgan fingerprint density at radius 2 is 2.18 bits per heavy atom. The van der Waals surface area contributed by atoms with Gasteiger partial charge in [-0.1, -0.05) is 6.92 Å². The van der Waals surface area contributed by atoms with E-state index in [-0.39, 0.29) is 17.9 Å². The molecule has 0 aliphatic carbocycles. The molecule has 6 heteroatoms. The van der Waals surface area contributed by atoms with E-state index in [0.717, 1.165) is 0 Å². The minimum atomic E-state index is -0.969. The monoisotopic (exact) mass is 244 g/mol. The molecule has 98 valence electrons. The second kappa shape index (κ2) is 5.97. The Hall–Kier alpha value is -1.14. The van der Waals surface area contributed by atoms with Gasteiger partial charge < -0.3 is 20.1 Å². The fourth-order valence-electron chi connectivity index (χ4n) is 2.11. The molecule has 1 aliphatic rings. The smallest absolute Gasteiger partial charge is 0.326 e. The summed E-state index contributed by atoms with van der Waals surface area (Å²) in [4.78, 5) is 24.5. The fraction of sp³-hybridized carbons (Fsp3) is 0.818. The maximum Gasteiger partial charge on any atom is 0.326 e. The topological polar surface area (TPSA) is 78.9 Å². The van der Waals surface area contributed by atoms with Crippen LogP contribution in [-0.4, -0.2) is 61.3 Å². The van der Waals surface area contributed by atoms with Gasteiger partial charge in [0.15, 0.2) is 0 Å². The molecule has 17 heavy (non-hydrogen) atoms. The molecule has 1 fully saturated rings. The Labute approximate surface area is 101 Å². The van der Waals surface area contributed by atoms with E-state index in [1.165, 1.54) is 11.9 Å². The molecular formula is C11H20N2O4. The highest BCUT2D eigenvalue weighted by atomic mass is 16.5. The van der Waals surface area contributed by atoms with Crippen molar-refractivity contribution in [3.8, 4) is 0 Å². The molecule has 2 N–H and O–H groups in total. The van der Waals surface area contributed by atoms with E-state index in [1.807, 2.05) is 0 Å². The number of hydrogen-bond donors (Lipinski definition) is 2. The summed E-state index contributed by atoms with van der Waals surface area (Å²) in [5.74, 6) is -1.43. The molecule has 3 unspecified atom stereocenters. The first-order valence-electron chi connectivity index (χ1n) is 5.77. The molecule has 0 aromatic rings. The van der Waals surface area contributed by atoms with Gasteiger partial charge in [-0.3, -0.25) is 4.79 Å².